The van der Waals surface area contributed by atoms with Gasteiger partial charge >= 0.3 is 0 Å². The van der Waals surface area contributed by atoms with Crippen LogP contribution < -0.4 is 10.1 Å². The molecule has 0 aliphatic heterocycles. The highest BCUT2D eigenvalue weighted by molar-refractivity contribution is 6.46. The van der Waals surface area contributed by atoms with Gasteiger partial charge in [-0.3, -0.25) is 9.78 Å². The molecule has 6 nitrogen and oxygen atoms in total. The van der Waals surface area contributed by atoms with Crippen LogP contribution in [0, 0.1) is 0 Å². The molecule has 0 aliphatic carbocycles. The number of anilines is 1. The predicted molar refractivity (Wildman–Crippen MR) is 99.6 cm³/mol. The minimum atomic E-state index is -0.673. The minimum absolute atomic E-state index is 0.0550. The molecule has 0 bridgehead atoms. The molecule has 0 radical (unpaired) electrons. The number of aromatic nitrogens is 2. The van der Waals surface area contributed by atoms with E-state index < -0.39 is 11.7 Å². The van der Waals surface area contributed by atoms with E-state index in [2.05, 4.69) is 15.3 Å². The number of amides is 1. The molecule has 0 unspecified atom stereocenters. The van der Waals surface area contributed by atoms with Crippen molar-refractivity contribution in [1.82, 2.24) is 9.97 Å². The summed E-state index contributed by atoms with van der Waals surface area (Å²) in [5, 5.41) is 12.5. The number of ether oxygens (including phenoxy) is 1. The fraction of sp³-hybridized carbons (Fsp3) is 0. The molecule has 0 fully saturated rings. The monoisotopic (exact) mass is 409 g/mol. The van der Waals surface area contributed by atoms with Gasteiger partial charge in [0.15, 0.2) is 0 Å². The molecule has 0 saturated carbocycles. The highest BCUT2D eigenvalue weighted by Crippen LogP contribution is 2.38. The van der Waals surface area contributed by atoms with Crippen molar-refractivity contribution < 1.29 is 14.6 Å². The largest absolute Gasteiger partial charge is 0.505 e. The first kappa shape index (κ1) is 18.3. The molecule has 1 aromatic heterocycles. The molecule has 0 aliphatic rings. The number of halogens is 3. The van der Waals surface area contributed by atoms with Crippen LogP contribution in [0.3, 0.4) is 0 Å². The van der Waals surface area contributed by atoms with Gasteiger partial charge < -0.3 is 15.2 Å². The first-order valence-electron chi connectivity index (χ1n) is 7.17. The number of benzene rings is 2. The fourth-order valence-electron chi connectivity index (χ4n) is 2.08. The van der Waals surface area contributed by atoms with Crippen LogP contribution >= 0.6 is 34.8 Å². The van der Waals surface area contributed by atoms with Crippen LogP contribution in [0.1, 0.15) is 10.4 Å². The number of carbonyl (C=O) groups is 1. The molecule has 0 atom stereocenters. The Kier molecular flexibility index (Phi) is 5.46. The lowest BCUT2D eigenvalue weighted by Crippen LogP contribution is -2.13. The van der Waals surface area contributed by atoms with Gasteiger partial charge in [0.2, 0.25) is 5.88 Å². The summed E-state index contributed by atoms with van der Waals surface area (Å²) in [7, 11) is 0. The second-order valence-corrected chi connectivity index (χ2v) is 6.20. The Hall–Kier alpha value is -2.54. The molecule has 3 aromatic rings. The van der Waals surface area contributed by atoms with E-state index >= 15 is 0 Å². The summed E-state index contributed by atoms with van der Waals surface area (Å²) in [5.74, 6) is -0.389. The maximum Gasteiger partial charge on any atom is 0.261 e. The molecule has 9 heteroatoms. The topological polar surface area (TPSA) is 84.3 Å². The fourth-order valence-corrected chi connectivity index (χ4v) is 2.78. The minimum Gasteiger partial charge on any atom is -0.505 e. The van der Waals surface area contributed by atoms with Crippen LogP contribution in [0.2, 0.25) is 15.1 Å². The molecule has 0 spiro atoms. The van der Waals surface area contributed by atoms with Crippen molar-refractivity contribution in [3.8, 4) is 17.4 Å². The number of phenols is 1. The van der Waals surface area contributed by atoms with Gasteiger partial charge in [0, 0.05) is 24.1 Å². The standard InChI is InChI=1S/C17H10Cl3N3O3/c18-11-7-12(19)16(24)14(15(11)20)17(25)23-9-2-1-3-10(6-9)26-13-8-21-4-5-22-13/h1-8,24H,(H,23,25). The Morgan fingerprint density at radius 1 is 1.12 bits per heavy atom. The summed E-state index contributed by atoms with van der Waals surface area (Å²) < 4.78 is 5.55. The normalized spacial score (nSPS) is 10.4. The van der Waals surface area contributed by atoms with Gasteiger partial charge in [0.25, 0.3) is 5.91 Å². The number of nitrogens with zero attached hydrogens (tertiary/aromatic N) is 2. The van der Waals surface area contributed by atoms with E-state index in [1.54, 1.807) is 24.3 Å². The number of aromatic hydroxyl groups is 1. The molecule has 1 heterocycles. The SMILES string of the molecule is O=C(Nc1cccc(Oc2cnccn2)c1)c1c(O)c(Cl)cc(Cl)c1Cl. The molecule has 2 aromatic carbocycles. The first-order chi connectivity index (χ1) is 12.5. The lowest BCUT2D eigenvalue weighted by molar-refractivity contribution is 0.102. The lowest BCUT2D eigenvalue weighted by atomic mass is 10.1. The second-order valence-electron chi connectivity index (χ2n) is 5.01. The summed E-state index contributed by atoms with van der Waals surface area (Å²) in [5.41, 5.74) is 0.187. The van der Waals surface area contributed by atoms with Gasteiger partial charge in [-0.2, -0.15) is 0 Å². The second kappa shape index (κ2) is 7.78. The van der Waals surface area contributed by atoms with Crippen LogP contribution in [0.4, 0.5) is 5.69 Å². The Labute approximate surface area is 163 Å². The van der Waals surface area contributed by atoms with Crippen molar-refractivity contribution in [3.63, 3.8) is 0 Å². The molecular formula is C17H10Cl3N3O3. The van der Waals surface area contributed by atoms with Gasteiger partial charge in [0.05, 0.1) is 21.3 Å². The number of hydrogen-bond acceptors (Lipinski definition) is 5. The van der Waals surface area contributed by atoms with Crippen LogP contribution in [0.5, 0.6) is 17.4 Å². The maximum absolute atomic E-state index is 12.5. The molecule has 132 valence electrons. The van der Waals surface area contributed by atoms with Gasteiger partial charge in [-0.15, -0.1) is 0 Å². The van der Waals surface area contributed by atoms with Crippen LogP contribution in [-0.2, 0) is 0 Å². The smallest absolute Gasteiger partial charge is 0.261 e. The molecular weight excluding hydrogens is 401 g/mol. The molecule has 26 heavy (non-hydrogen) atoms. The summed E-state index contributed by atoms with van der Waals surface area (Å²) in [6, 6.07) is 7.83. The number of phenolic OH excluding ortho intramolecular Hbond substituents is 1. The van der Waals surface area contributed by atoms with Crippen molar-refractivity contribution >= 4 is 46.4 Å². The van der Waals surface area contributed by atoms with E-state index in [1.165, 1.54) is 24.7 Å². The van der Waals surface area contributed by atoms with Gasteiger partial charge in [0.1, 0.15) is 17.1 Å². The van der Waals surface area contributed by atoms with E-state index in [4.69, 9.17) is 39.5 Å². The molecule has 1 amide bonds. The zero-order valence-corrected chi connectivity index (χ0v) is 15.2. The summed E-state index contributed by atoms with van der Waals surface area (Å²) >= 11 is 17.8. The Morgan fingerprint density at radius 3 is 2.65 bits per heavy atom. The van der Waals surface area contributed by atoms with Crippen LogP contribution in [-0.4, -0.2) is 21.0 Å². The highest BCUT2D eigenvalue weighted by atomic mass is 35.5. The average molecular weight is 411 g/mol. The Morgan fingerprint density at radius 2 is 1.92 bits per heavy atom. The van der Waals surface area contributed by atoms with Crippen molar-refractivity contribution in [3.05, 3.63) is 69.6 Å². The van der Waals surface area contributed by atoms with Crippen LogP contribution in [0.25, 0.3) is 0 Å². The van der Waals surface area contributed by atoms with Gasteiger partial charge in [-0.1, -0.05) is 40.9 Å². The Balaban J connectivity index is 1.84. The van der Waals surface area contributed by atoms with E-state index in [0.29, 0.717) is 17.3 Å². The molecule has 0 saturated heterocycles. The number of hydrogen-bond donors (Lipinski definition) is 2. The zero-order valence-electron chi connectivity index (χ0n) is 12.9. The van der Waals surface area contributed by atoms with E-state index in [0.717, 1.165) is 0 Å². The third kappa shape index (κ3) is 3.99. The Bertz CT molecular complexity index is 942. The first-order valence-corrected chi connectivity index (χ1v) is 8.31. The van der Waals surface area contributed by atoms with Crippen LogP contribution in [0.15, 0.2) is 48.9 Å². The van der Waals surface area contributed by atoms with E-state index in [9.17, 15) is 9.90 Å². The van der Waals surface area contributed by atoms with Gasteiger partial charge in [-0.05, 0) is 18.2 Å². The molecule has 3 rings (SSSR count). The summed E-state index contributed by atoms with van der Waals surface area (Å²) in [6.45, 7) is 0. The predicted octanol–water partition coefficient (Wildman–Crippen LogP) is 5.19. The van der Waals surface area contributed by atoms with E-state index in [-0.39, 0.29) is 20.6 Å². The van der Waals surface area contributed by atoms with Crippen molar-refractivity contribution in [2.45, 2.75) is 0 Å². The highest BCUT2D eigenvalue weighted by Gasteiger charge is 2.21. The third-order valence-corrected chi connectivity index (χ3v) is 4.30. The number of rotatable bonds is 4. The van der Waals surface area contributed by atoms with Crippen molar-refractivity contribution in [2.75, 3.05) is 5.32 Å². The summed E-state index contributed by atoms with van der Waals surface area (Å²) in [4.78, 5) is 20.4. The maximum atomic E-state index is 12.5. The lowest BCUT2D eigenvalue weighted by Gasteiger charge is -2.12. The quantitative estimate of drug-likeness (QED) is 0.578. The van der Waals surface area contributed by atoms with Gasteiger partial charge in [-0.25, -0.2) is 4.98 Å². The molecule has 2 N–H and O–H groups in total. The average Bonchev–Trinajstić information content (AvgIpc) is 2.61. The van der Waals surface area contributed by atoms with E-state index in [1.807, 2.05) is 0 Å². The van der Waals surface area contributed by atoms with Crippen molar-refractivity contribution in [1.29, 1.82) is 0 Å². The third-order valence-electron chi connectivity index (χ3n) is 3.23. The van der Waals surface area contributed by atoms with Crippen molar-refractivity contribution in [2.24, 2.45) is 0 Å². The number of nitrogens with one attached hydrogen (secondary N) is 1. The summed E-state index contributed by atoms with van der Waals surface area (Å²) in [6.07, 6.45) is 4.47. The zero-order chi connectivity index (χ0) is 18.7. The number of carbonyl (C=O) groups excluding carboxylic acids is 1.